The summed E-state index contributed by atoms with van der Waals surface area (Å²) in [6.45, 7) is 6.23. The van der Waals surface area contributed by atoms with Gasteiger partial charge in [-0.1, -0.05) is 25.5 Å². The van der Waals surface area contributed by atoms with Gasteiger partial charge in [-0.2, -0.15) is 0 Å². The van der Waals surface area contributed by atoms with Crippen LogP contribution in [0.3, 0.4) is 0 Å². The third-order valence-corrected chi connectivity index (χ3v) is 2.93. The third-order valence-electron chi connectivity index (χ3n) is 2.93. The highest BCUT2D eigenvalue weighted by molar-refractivity contribution is 5.95. The molecule has 0 amide bonds. The minimum atomic E-state index is -0.290. The van der Waals surface area contributed by atoms with E-state index in [1.807, 2.05) is 25.1 Å². The van der Waals surface area contributed by atoms with Crippen molar-refractivity contribution in [2.24, 2.45) is 0 Å². The second kappa shape index (κ2) is 6.28. The predicted octanol–water partition coefficient (Wildman–Crippen LogP) is 3.38. The summed E-state index contributed by atoms with van der Waals surface area (Å²) in [6, 6.07) is 6.19. The summed E-state index contributed by atoms with van der Waals surface area (Å²) >= 11 is 0. The lowest BCUT2D eigenvalue weighted by Crippen LogP contribution is -2.19. The number of anilines is 1. The van der Waals surface area contributed by atoms with Crippen LogP contribution in [-0.4, -0.2) is 19.1 Å². The quantitative estimate of drug-likeness (QED) is 0.795. The number of rotatable bonds is 5. The van der Waals surface area contributed by atoms with E-state index in [2.05, 4.69) is 19.2 Å². The molecule has 0 saturated heterocycles. The molecule has 0 spiro atoms. The van der Waals surface area contributed by atoms with Gasteiger partial charge in [0, 0.05) is 11.7 Å². The van der Waals surface area contributed by atoms with E-state index in [9.17, 15) is 4.79 Å². The Kier molecular flexibility index (Phi) is 5.01. The number of methoxy groups -OCH3 is 1. The first kappa shape index (κ1) is 13.6. The molecule has 0 bridgehead atoms. The Balaban J connectivity index is 3.01. The number of aryl methyl sites for hydroxylation is 1. The molecule has 3 heteroatoms. The molecular weight excluding hydrogens is 214 g/mol. The number of hydrogen-bond donors (Lipinski definition) is 1. The van der Waals surface area contributed by atoms with E-state index in [0.29, 0.717) is 11.6 Å². The maximum atomic E-state index is 11.7. The molecule has 0 aliphatic rings. The zero-order valence-corrected chi connectivity index (χ0v) is 11.0. The van der Waals surface area contributed by atoms with Crippen molar-refractivity contribution in [1.29, 1.82) is 0 Å². The topological polar surface area (TPSA) is 38.3 Å². The van der Waals surface area contributed by atoms with Crippen molar-refractivity contribution in [2.45, 2.75) is 39.7 Å². The fourth-order valence-corrected chi connectivity index (χ4v) is 1.78. The number of carbonyl (C=O) groups is 1. The molecule has 1 aromatic rings. The molecule has 0 aliphatic heterocycles. The van der Waals surface area contributed by atoms with Crippen LogP contribution in [0.4, 0.5) is 5.69 Å². The van der Waals surface area contributed by atoms with Crippen LogP contribution < -0.4 is 5.32 Å². The van der Waals surface area contributed by atoms with Gasteiger partial charge >= 0.3 is 5.97 Å². The molecule has 1 rings (SSSR count). The van der Waals surface area contributed by atoms with E-state index in [0.717, 1.165) is 24.1 Å². The number of carbonyl (C=O) groups excluding carboxylic acids is 1. The Bertz CT molecular complexity index is 384. The van der Waals surface area contributed by atoms with Gasteiger partial charge in [-0.15, -0.1) is 0 Å². The van der Waals surface area contributed by atoms with Crippen molar-refractivity contribution in [3.05, 3.63) is 29.3 Å². The average molecular weight is 235 g/mol. The van der Waals surface area contributed by atoms with E-state index in [1.165, 1.54) is 7.11 Å². The van der Waals surface area contributed by atoms with Crippen LogP contribution in [0.15, 0.2) is 18.2 Å². The Morgan fingerprint density at radius 2 is 2.00 bits per heavy atom. The van der Waals surface area contributed by atoms with Crippen molar-refractivity contribution >= 4 is 11.7 Å². The van der Waals surface area contributed by atoms with Gasteiger partial charge in [0.05, 0.1) is 12.7 Å². The third kappa shape index (κ3) is 3.48. The van der Waals surface area contributed by atoms with Crippen LogP contribution in [0.1, 0.15) is 42.6 Å². The van der Waals surface area contributed by atoms with E-state index < -0.39 is 0 Å². The highest BCUT2D eigenvalue weighted by Crippen LogP contribution is 2.20. The van der Waals surface area contributed by atoms with Gasteiger partial charge in [0.15, 0.2) is 0 Å². The molecule has 0 radical (unpaired) electrons. The Morgan fingerprint density at radius 3 is 2.53 bits per heavy atom. The standard InChI is InChI=1S/C14H21NO2/c1-5-11(6-2)15-13-8-7-10(3)9-12(13)14(16)17-4/h7-9,11,15H,5-6H2,1-4H3. The molecule has 0 saturated carbocycles. The van der Waals surface area contributed by atoms with E-state index in [4.69, 9.17) is 4.74 Å². The fourth-order valence-electron chi connectivity index (χ4n) is 1.78. The minimum absolute atomic E-state index is 0.290. The van der Waals surface area contributed by atoms with Crippen molar-refractivity contribution in [2.75, 3.05) is 12.4 Å². The van der Waals surface area contributed by atoms with E-state index in [-0.39, 0.29) is 5.97 Å². The Morgan fingerprint density at radius 1 is 1.35 bits per heavy atom. The molecule has 3 nitrogen and oxygen atoms in total. The molecule has 0 atom stereocenters. The summed E-state index contributed by atoms with van der Waals surface area (Å²) in [4.78, 5) is 11.7. The normalized spacial score (nSPS) is 10.4. The van der Waals surface area contributed by atoms with Gasteiger partial charge in [0.1, 0.15) is 0 Å². The first-order valence-corrected chi connectivity index (χ1v) is 6.07. The zero-order valence-electron chi connectivity index (χ0n) is 11.0. The van der Waals surface area contributed by atoms with Crippen LogP contribution >= 0.6 is 0 Å². The maximum Gasteiger partial charge on any atom is 0.339 e. The van der Waals surface area contributed by atoms with Crippen molar-refractivity contribution < 1.29 is 9.53 Å². The van der Waals surface area contributed by atoms with Crippen LogP contribution in [-0.2, 0) is 4.74 Å². The number of nitrogens with one attached hydrogen (secondary N) is 1. The summed E-state index contributed by atoms with van der Waals surface area (Å²) in [5.74, 6) is -0.290. The molecule has 1 aromatic carbocycles. The summed E-state index contributed by atoms with van der Waals surface area (Å²) in [7, 11) is 1.41. The molecule has 0 aromatic heterocycles. The lowest BCUT2D eigenvalue weighted by molar-refractivity contribution is 0.0601. The SMILES string of the molecule is CCC(CC)Nc1ccc(C)cc1C(=O)OC. The fraction of sp³-hybridized carbons (Fsp3) is 0.500. The second-order valence-corrected chi connectivity index (χ2v) is 4.20. The molecule has 0 heterocycles. The highest BCUT2D eigenvalue weighted by Gasteiger charge is 2.13. The minimum Gasteiger partial charge on any atom is -0.465 e. The summed E-state index contributed by atoms with van der Waals surface area (Å²) in [5, 5.41) is 3.39. The summed E-state index contributed by atoms with van der Waals surface area (Å²) in [6.07, 6.45) is 2.07. The number of hydrogen-bond acceptors (Lipinski definition) is 3. The first-order chi connectivity index (χ1) is 8.12. The Hall–Kier alpha value is -1.51. The molecule has 94 valence electrons. The lowest BCUT2D eigenvalue weighted by atomic mass is 10.1. The van der Waals surface area contributed by atoms with Crippen molar-refractivity contribution in [1.82, 2.24) is 0 Å². The van der Waals surface area contributed by atoms with Gasteiger partial charge in [-0.3, -0.25) is 0 Å². The largest absolute Gasteiger partial charge is 0.465 e. The van der Waals surface area contributed by atoms with E-state index >= 15 is 0 Å². The zero-order chi connectivity index (χ0) is 12.8. The summed E-state index contributed by atoms with van der Waals surface area (Å²) < 4.78 is 4.80. The lowest BCUT2D eigenvalue weighted by Gasteiger charge is -2.18. The van der Waals surface area contributed by atoms with Crippen LogP contribution in [0, 0.1) is 6.92 Å². The van der Waals surface area contributed by atoms with Gasteiger partial charge in [0.25, 0.3) is 0 Å². The Labute approximate surface area is 103 Å². The van der Waals surface area contributed by atoms with Gasteiger partial charge in [-0.25, -0.2) is 4.79 Å². The number of benzene rings is 1. The monoisotopic (exact) mass is 235 g/mol. The summed E-state index contributed by atoms with van der Waals surface area (Å²) in [5.41, 5.74) is 2.52. The van der Waals surface area contributed by atoms with Gasteiger partial charge in [-0.05, 0) is 31.9 Å². The smallest absolute Gasteiger partial charge is 0.339 e. The van der Waals surface area contributed by atoms with Crippen LogP contribution in [0.5, 0.6) is 0 Å². The molecule has 1 N–H and O–H groups in total. The van der Waals surface area contributed by atoms with Crippen LogP contribution in [0.25, 0.3) is 0 Å². The number of ether oxygens (including phenoxy) is 1. The number of esters is 1. The van der Waals surface area contributed by atoms with Gasteiger partial charge < -0.3 is 10.1 Å². The molecule has 0 aliphatic carbocycles. The van der Waals surface area contributed by atoms with E-state index in [1.54, 1.807) is 0 Å². The highest BCUT2D eigenvalue weighted by atomic mass is 16.5. The molecule has 17 heavy (non-hydrogen) atoms. The average Bonchev–Trinajstić information content (AvgIpc) is 2.36. The second-order valence-electron chi connectivity index (χ2n) is 4.20. The predicted molar refractivity (Wildman–Crippen MR) is 70.5 cm³/mol. The maximum absolute atomic E-state index is 11.7. The molecule has 0 fully saturated rings. The van der Waals surface area contributed by atoms with Gasteiger partial charge in [0.2, 0.25) is 0 Å². The molecule has 0 unspecified atom stereocenters. The van der Waals surface area contributed by atoms with Crippen LogP contribution in [0.2, 0.25) is 0 Å². The van der Waals surface area contributed by atoms with Crippen molar-refractivity contribution in [3.8, 4) is 0 Å². The first-order valence-electron chi connectivity index (χ1n) is 6.07. The van der Waals surface area contributed by atoms with Crippen molar-refractivity contribution in [3.63, 3.8) is 0 Å². The molecular formula is C14H21NO2.